The summed E-state index contributed by atoms with van der Waals surface area (Å²) in [7, 11) is 0. The van der Waals surface area contributed by atoms with E-state index in [9.17, 15) is 14.4 Å². The van der Waals surface area contributed by atoms with Gasteiger partial charge in [-0.2, -0.15) is 0 Å². The predicted octanol–water partition coefficient (Wildman–Crippen LogP) is 0.433. The number of likely N-dealkylation sites (tertiary alicyclic amines) is 1. The molecule has 0 aromatic heterocycles. The van der Waals surface area contributed by atoms with Gasteiger partial charge in [-0.25, -0.2) is 0 Å². The van der Waals surface area contributed by atoms with Gasteiger partial charge in [0.25, 0.3) is 0 Å². The zero-order chi connectivity index (χ0) is 16.0. The van der Waals surface area contributed by atoms with E-state index in [2.05, 4.69) is 12.2 Å². The average Bonchev–Trinajstić information content (AvgIpc) is 2.88. The Balaban J connectivity index is 1.41. The highest BCUT2D eigenvalue weighted by Crippen LogP contribution is 2.49. The maximum Gasteiger partial charge on any atom is 0.233 e. The van der Waals surface area contributed by atoms with E-state index < -0.39 is 0 Å². The van der Waals surface area contributed by atoms with Crippen molar-refractivity contribution in [2.45, 2.75) is 19.3 Å². The zero-order valence-corrected chi connectivity index (χ0v) is 13.1. The van der Waals surface area contributed by atoms with Gasteiger partial charge in [0.15, 0.2) is 0 Å². The number of rotatable bonds is 3. The van der Waals surface area contributed by atoms with E-state index in [-0.39, 0.29) is 54.4 Å². The molecule has 2 bridgehead atoms. The number of ether oxygens (including phenoxy) is 1. The van der Waals surface area contributed by atoms with E-state index in [4.69, 9.17) is 4.74 Å². The summed E-state index contributed by atoms with van der Waals surface area (Å²) in [4.78, 5) is 40.7. The largest absolute Gasteiger partial charge is 0.378 e. The minimum Gasteiger partial charge on any atom is -0.378 e. The fraction of sp³-hybridized carbons (Fsp3) is 0.706. The number of hydrogen-bond acceptors (Lipinski definition) is 4. The van der Waals surface area contributed by atoms with Gasteiger partial charge >= 0.3 is 0 Å². The quantitative estimate of drug-likeness (QED) is 0.559. The molecule has 6 nitrogen and oxygen atoms in total. The van der Waals surface area contributed by atoms with Crippen LogP contribution in [0.1, 0.15) is 19.3 Å². The van der Waals surface area contributed by atoms with Crippen molar-refractivity contribution in [3.8, 4) is 0 Å². The smallest absolute Gasteiger partial charge is 0.233 e. The molecule has 2 saturated heterocycles. The molecular weight excluding hydrogens is 296 g/mol. The van der Waals surface area contributed by atoms with Crippen LogP contribution in [-0.2, 0) is 19.1 Å². The van der Waals surface area contributed by atoms with Gasteiger partial charge in [0, 0.05) is 26.1 Å². The molecule has 1 saturated carbocycles. The Morgan fingerprint density at radius 1 is 1.04 bits per heavy atom. The molecule has 0 unspecified atom stereocenters. The highest BCUT2D eigenvalue weighted by molar-refractivity contribution is 6.06. The van der Waals surface area contributed by atoms with E-state index in [0.29, 0.717) is 26.3 Å². The highest BCUT2D eigenvalue weighted by atomic mass is 16.5. The fourth-order valence-electron chi connectivity index (χ4n) is 4.53. The molecule has 0 radical (unpaired) electrons. The lowest BCUT2D eigenvalue weighted by Crippen LogP contribution is -2.42. The van der Waals surface area contributed by atoms with Gasteiger partial charge in [-0.05, 0) is 24.7 Å². The second-order valence-corrected chi connectivity index (χ2v) is 6.91. The molecule has 6 heteroatoms. The van der Waals surface area contributed by atoms with Crippen LogP contribution in [0.15, 0.2) is 12.2 Å². The maximum atomic E-state index is 12.7. The van der Waals surface area contributed by atoms with Crippen LogP contribution in [0.3, 0.4) is 0 Å². The van der Waals surface area contributed by atoms with Crippen molar-refractivity contribution in [1.29, 1.82) is 0 Å². The number of carbonyl (C=O) groups excluding carboxylic acids is 3. The zero-order valence-electron chi connectivity index (χ0n) is 13.1. The molecule has 23 heavy (non-hydrogen) atoms. The number of amides is 3. The van der Waals surface area contributed by atoms with Crippen molar-refractivity contribution in [2.75, 3.05) is 32.8 Å². The molecule has 5 aliphatic rings. The number of imide groups is 1. The minimum atomic E-state index is -0.176. The molecule has 124 valence electrons. The standard InChI is InChI=1S/C17H22N2O4/c20-13(18-7-9-23-10-8-18)5-6-19-16(21)14-11-1-2-12(4-3-11)15(14)17(19)22/h1-2,11-12,14-15H,3-10H2/t11-,12-,14+,15+/m0/s1. The third-order valence-electron chi connectivity index (χ3n) is 5.76. The fourth-order valence-corrected chi connectivity index (χ4v) is 4.53. The first-order valence-electron chi connectivity index (χ1n) is 8.56. The second kappa shape index (κ2) is 5.74. The Bertz CT molecular complexity index is 535. The lowest BCUT2D eigenvalue weighted by atomic mass is 9.63. The van der Waals surface area contributed by atoms with Crippen LogP contribution in [0.5, 0.6) is 0 Å². The van der Waals surface area contributed by atoms with Gasteiger partial charge in [0.2, 0.25) is 17.7 Å². The Kier molecular flexibility index (Phi) is 3.71. The minimum absolute atomic E-state index is 0.00451. The Morgan fingerprint density at radius 2 is 1.61 bits per heavy atom. The molecule has 0 aromatic carbocycles. The Labute approximate surface area is 135 Å². The van der Waals surface area contributed by atoms with Crippen LogP contribution in [-0.4, -0.2) is 60.4 Å². The first kappa shape index (κ1) is 14.9. The molecule has 3 aliphatic carbocycles. The first-order chi connectivity index (χ1) is 11.2. The molecule has 2 aliphatic heterocycles. The number of allylic oxidation sites excluding steroid dienone is 2. The number of morpholine rings is 1. The lowest BCUT2D eigenvalue weighted by Gasteiger charge is -2.38. The summed E-state index contributed by atoms with van der Waals surface area (Å²) >= 11 is 0. The van der Waals surface area contributed by atoms with Crippen LogP contribution in [0.2, 0.25) is 0 Å². The Hall–Kier alpha value is -1.69. The number of fused-ring (bicyclic) bond motifs is 1. The summed E-state index contributed by atoms with van der Waals surface area (Å²) < 4.78 is 5.24. The molecule has 0 aromatic rings. The molecule has 0 spiro atoms. The lowest BCUT2D eigenvalue weighted by molar-refractivity contribution is -0.141. The van der Waals surface area contributed by atoms with Crippen LogP contribution in [0.25, 0.3) is 0 Å². The van der Waals surface area contributed by atoms with Crippen molar-refractivity contribution in [1.82, 2.24) is 9.80 Å². The third kappa shape index (κ3) is 2.40. The van der Waals surface area contributed by atoms with Crippen molar-refractivity contribution in [3.63, 3.8) is 0 Å². The monoisotopic (exact) mass is 318 g/mol. The number of nitrogens with zero attached hydrogens (tertiary/aromatic N) is 2. The van der Waals surface area contributed by atoms with E-state index in [1.54, 1.807) is 4.90 Å². The van der Waals surface area contributed by atoms with Crippen molar-refractivity contribution in [2.24, 2.45) is 23.7 Å². The molecule has 3 amide bonds. The van der Waals surface area contributed by atoms with Crippen molar-refractivity contribution < 1.29 is 19.1 Å². The summed E-state index contributed by atoms with van der Waals surface area (Å²) in [5.41, 5.74) is 0. The molecule has 3 fully saturated rings. The van der Waals surface area contributed by atoms with Gasteiger partial charge in [0.05, 0.1) is 25.0 Å². The second-order valence-electron chi connectivity index (χ2n) is 6.91. The molecule has 2 heterocycles. The summed E-state index contributed by atoms with van der Waals surface area (Å²) in [6, 6.07) is 0. The van der Waals surface area contributed by atoms with Gasteiger partial charge in [0.1, 0.15) is 0 Å². The molecule has 4 atom stereocenters. The summed E-state index contributed by atoms with van der Waals surface area (Å²) in [5, 5.41) is 0. The van der Waals surface area contributed by atoms with E-state index in [1.807, 2.05) is 0 Å². The normalized spacial score (nSPS) is 35.8. The van der Waals surface area contributed by atoms with Gasteiger partial charge in [-0.15, -0.1) is 0 Å². The number of hydrogen-bond donors (Lipinski definition) is 0. The summed E-state index contributed by atoms with van der Waals surface area (Å²) in [5.74, 6) is -0.0511. The summed E-state index contributed by atoms with van der Waals surface area (Å²) in [6.07, 6.45) is 6.45. The number of carbonyl (C=O) groups is 3. The van der Waals surface area contributed by atoms with Gasteiger partial charge < -0.3 is 9.64 Å². The topological polar surface area (TPSA) is 66.9 Å². The predicted molar refractivity (Wildman–Crippen MR) is 81.1 cm³/mol. The third-order valence-corrected chi connectivity index (χ3v) is 5.76. The molecular formula is C17H22N2O4. The molecule has 5 rings (SSSR count). The highest BCUT2D eigenvalue weighted by Gasteiger charge is 2.56. The van der Waals surface area contributed by atoms with Crippen LogP contribution >= 0.6 is 0 Å². The van der Waals surface area contributed by atoms with Crippen molar-refractivity contribution in [3.05, 3.63) is 12.2 Å². The average molecular weight is 318 g/mol. The van der Waals surface area contributed by atoms with Crippen molar-refractivity contribution >= 4 is 17.7 Å². The van der Waals surface area contributed by atoms with Crippen LogP contribution in [0.4, 0.5) is 0 Å². The van der Waals surface area contributed by atoms with E-state index in [0.717, 1.165) is 12.8 Å². The SMILES string of the molecule is O=C(CCN1C(=O)[C@H]2[C@H](C1=O)[C@H]1C=C[C@H]2CC1)N1CCOCC1. The van der Waals surface area contributed by atoms with E-state index >= 15 is 0 Å². The van der Waals surface area contributed by atoms with Crippen LogP contribution in [0, 0.1) is 23.7 Å². The molecule has 0 N–H and O–H groups in total. The first-order valence-corrected chi connectivity index (χ1v) is 8.56. The van der Waals surface area contributed by atoms with Gasteiger partial charge in [-0.3, -0.25) is 19.3 Å². The van der Waals surface area contributed by atoms with Gasteiger partial charge in [-0.1, -0.05) is 12.2 Å². The Morgan fingerprint density at radius 3 is 2.13 bits per heavy atom. The van der Waals surface area contributed by atoms with E-state index in [1.165, 1.54) is 4.90 Å². The summed E-state index contributed by atoms with van der Waals surface area (Å²) in [6.45, 7) is 2.54. The maximum absolute atomic E-state index is 12.7. The van der Waals surface area contributed by atoms with Crippen LogP contribution < -0.4 is 0 Å².